The maximum atomic E-state index is 5.21. The third-order valence-electron chi connectivity index (χ3n) is 2.75. The van der Waals surface area contributed by atoms with Gasteiger partial charge in [-0.2, -0.15) is 0 Å². The molecule has 2 rings (SSSR count). The zero-order valence-corrected chi connectivity index (χ0v) is 12.8. The van der Waals surface area contributed by atoms with Crippen molar-refractivity contribution in [3.05, 3.63) is 56.5 Å². The van der Waals surface area contributed by atoms with Crippen molar-refractivity contribution in [3.8, 4) is 0 Å². The van der Waals surface area contributed by atoms with Crippen LogP contribution in [0.4, 0.5) is 0 Å². The van der Waals surface area contributed by atoms with Crippen molar-refractivity contribution < 1.29 is 0 Å². The summed E-state index contributed by atoms with van der Waals surface area (Å²) in [7, 11) is 0. The Morgan fingerprint density at radius 2 is 2.06 bits per heavy atom. The molecule has 4 heteroatoms. The number of aromatic nitrogens is 2. The number of nitrogens with one attached hydrogen (secondary N) is 1. The fourth-order valence-electron chi connectivity index (χ4n) is 1.75. The average Bonchev–Trinajstić information content (AvgIpc) is 2.31. The Balaban J connectivity index is 2.35. The van der Waals surface area contributed by atoms with Gasteiger partial charge in [0, 0.05) is 16.6 Å². The molecule has 0 aliphatic rings. The lowest BCUT2D eigenvalue weighted by atomic mass is 10.1. The standard InChI is InChI=1S/C14H15BrN2S/c1-9(2)12-8-14(18)17-13(16-12)7-10-5-3-4-6-11(10)15/h3-6,8-9H,7H2,1-2H3,(H,16,17,18). The molecule has 0 saturated carbocycles. The van der Waals surface area contributed by atoms with Gasteiger partial charge in [0.15, 0.2) is 0 Å². The molecule has 0 radical (unpaired) electrons. The minimum atomic E-state index is 0.424. The van der Waals surface area contributed by atoms with Gasteiger partial charge in [0.05, 0.1) is 0 Å². The zero-order valence-electron chi connectivity index (χ0n) is 10.4. The maximum absolute atomic E-state index is 5.21. The quantitative estimate of drug-likeness (QED) is 0.835. The fourth-order valence-corrected chi connectivity index (χ4v) is 2.41. The van der Waals surface area contributed by atoms with Gasteiger partial charge in [-0.15, -0.1) is 0 Å². The van der Waals surface area contributed by atoms with Crippen LogP contribution in [0.25, 0.3) is 0 Å². The van der Waals surface area contributed by atoms with Crippen LogP contribution in [0.2, 0.25) is 0 Å². The Labute approximate surface area is 121 Å². The van der Waals surface area contributed by atoms with E-state index < -0.39 is 0 Å². The first-order valence-corrected chi connectivity index (χ1v) is 7.10. The lowest BCUT2D eigenvalue weighted by Gasteiger charge is -2.09. The predicted molar refractivity (Wildman–Crippen MR) is 80.5 cm³/mol. The van der Waals surface area contributed by atoms with E-state index in [1.54, 1.807) is 0 Å². The van der Waals surface area contributed by atoms with Crippen molar-refractivity contribution in [2.24, 2.45) is 0 Å². The SMILES string of the molecule is CC(C)c1cc(=S)nc(Cc2ccccc2Br)[nH]1. The van der Waals surface area contributed by atoms with Crippen LogP contribution in [-0.4, -0.2) is 9.97 Å². The van der Waals surface area contributed by atoms with E-state index in [0.29, 0.717) is 10.6 Å². The monoisotopic (exact) mass is 322 g/mol. The van der Waals surface area contributed by atoms with Crippen LogP contribution in [0.3, 0.4) is 0 Å². The molecule has 0 atom stereocenters. The van der Waals surface area contributed by atoms with Gasteiger partial charge in [0.2, 0.25) is 0 Å². The molecule has 1 aromatic heterocycles. The summed E-state index contributed by atoms with van der Waals surface area (Å²) in [4.78, 5) is 7.75. The highest BCUT2D eigenvalue weighted by molar-refractivity contribution is 9.10. The number of aromatic amines is 1. The second kappa shape index (κ2) is 5.76. The summed E-state index contributed by atoms with van der Waals surface area (Å²) in [6.45, 7) is 4.28. The highest BCUT2D eigenvalue weighted by atomic mass is 79.9. The summed E-state index contributed by atoms with van der Waals surface area (Å²) >= 11 is 8.76. The van der Waals surface area contributed by atoms with E-state index >= 15 is 0 Å². The lowest BCUT2D eigenvalue weighted by Crippen LogP contribution is -2.02. The van der Waals surface area contributed by atoms with Crippen molar-refractivity contribution in [1.29, 1.82) is 0 Å². The molecule has 94 valence electrons. The van der Waals surface area contributed by atoms with Crippen LogP contribution in [0, 0.1) is 4.64 Å². The van der Waals surface area contributed by atoms with E-state index in [1.165, 1.54) is 5.56 Å². The van der Waals surface area contributed by atoms with Gasteiger partial charge < -0.3 is 4.98 Å². The summed E-state index contributed by atoms with van der Waals surface area (Å²) in [6.07, 6.45) is 0.756. The van der Waals surface area contributed by atoms with Crippen LogP contribution in [0.5, 0.6) is 0 Å². The van der Waals surface area contributed by atoms with E-state index in [2.05, 4.69) is 45.8 Å². The molecule has 0 unspecified atom stereocenters. The van der Waals surface area contributed by atoms with Crippen molar-refractivity contribution >= 4 is 28.1 Å². The first-order valence-electron chi connectivity index (χ1n) is 5.90. The first-order chi connectivity index (χ1) is 8.56. The number of hydrogen-bond acceptors (Lipinski definition) is 2. The fraction of sp³-hybridized carbons (Fsp3) is 0.286. The Bertz CT molecular complexity index is 605. The van der Waals surface area contributed by atoms with Crippen LogP contribution < -0.4 is 0 Å². The van der Waals surface area contributed by atoms with Gasteiger partial charge in [0.25, 0.3) is 0 Å². The summed E-state index contributed by atoms with van der Waals surface area (Å²) in [5, 5.41) is 0. The molecule has 18 heavy (non-hydrogen) atoms. The topological polar surface area (TPSA) is 28.7 Å². The number of benzene rings is 1. The molecule has 0 fully saturated rings. The molecular weight excluding hydrogens is 308 g/mol. The van der Waals surface area contributed by atoms with Gasteiger partial charge in [-0.1, -0.05) is 60.2 Å². The minimum absolute atomic E-state index is 0.424. The van der Waals surface area contributed by atoms with Gasteiger partial charge in [-0.25, -0.2) is 4.98 Å². The molecule has 0 aliphatic carbocycles. The number of H-pyrrole nitrogens is 1. The van der Waals surface area contributed by atoms with Crippen molar-refractivity contribution in [1.82, 2.24) is 9.97 Å². The Morgan fingerprint density at radius 3 is 2.72 bits per heavy atom. The predicted octanol–water partition coefficient (Wildman–Crippen LogP) is 4.62. The normalized spacial score (nSPS) is 10.9. The van der Waals surface area contributed by atoms with E-state index in [9.17, 15) is 0 Å². The molecule has 0 amide bonds. The van der Waals surface area contributed by atoms with E-state index in [-0.39, 0.29) is 0 Å². The Kier molecular flexibility index (Phi) is 4.30. The van der Waals surface area contributed by atoms with Gasteiger partial charge in [-0.3, -0.25) is 0 Å². The molecule has 2 aromatic rings. The van der Waals surface area contributed by atoms with Crippen LogP contribution in [0.1, 0.15) is 36.8 Å². The molecule has 0 aliphatic heterocycles. The van der Waals surface area contributed by atoms with Crippen LogP contribution >= 0.6 is 28.1 Å². The molecule has 0 spiro atoms. The zero-order chi connectivity index (χ0) is 13.1. The van der Waals surface area contributed by atoms with Crippen molar-refractivity contribution in [3.63, 3.8) is 0 Å². The third kappa shape index (κ3) is 3.27. The Morgan fingerprint density at radius 1 is 1.33 bits per heavy atom. The average molecular weight is 323 g/mol. The van der Waals surface area contributed by atoms with Crippen molar-refractivity contribution in [2.45, 2.75) is 26.2 Å². The van der Waals surface area contributed by atoms with E-state index in [4.69, 9.17) is 12.2 Å². The molecule has 1 N–H and O–H groups in total. The second-order valence-electron chi connectivity index (χ2n) is 4.54. The number of rotatable bonds is 3. The highest BCUT2D eigenvalue weighted by Gasteiger charge is 2.05. The van der Waals surface area contributed by atoms with Crippen LogP contribution in [0.15, 0.2) is 34.8 Å². The first kappa shape index (κ1) is 13.4. The Hall–Kier alpha value is -1.000. The van der Waals surface area contributed by atoms with E-state index in [0.717, 1.165) is 22.4 Å². The molecule has 1 aromatic carbocycles. The van der Waals surface area contributed by atoms with Gasteiger partial charge in [0.1, 0.15) is 10.5 Å². The highest BCUT2D eigenvalue weighted by Crippen LogP contribution is 2.19. The largest absolute Gasteiger partial charge is 0.347 e. The number of halogens is 1. The summed E-state index contributed by atoms with van der Waals surface area (Å²) in [5.74, 6) is 1.34. The van der Waals surface area contributed by atoms with Crippen molar-refractivity contribution in [2.75, 3.05) is 0 Å². The summed E-state index contributed by atoms with van der Waals surface area (Å²) < 4.78 is 1.75. The number of nitrogens with zero attached hydrogens (tertiary/aromatic N) is 1. The molecular formula is C14H15BrN2S. The summed E-state index contributed by atoms with van der Waals surface area (Å²) in [5.41, 5.74) is 2.34. The smallest absolute Gasteiger partial charge is 0.130 e. The van der Waals surface area contributed by atoms with E-state index in [1.807, 2.05) is 24.3 Å². The molecule has 2 nitrogen and oxygen atoms in total. The van der Waals surface area contributed by atoms with Gasteiger partial charge >= 0.3 is 0 Å². The molecule has 1 heterocycles. The van der Waals surface area contributed by atoms with Gasteiger partial charge in [-0.05, 0) is 23.6 Å². The maximum Gasteiger partial charge on any atom is 0.130 e. The molecule has 0 bridgehead atoms. The second-order valence-corrected chi connectivity index (χ2v) is 5.82. The third-order valence-corrected chi connectivity index (χ3v) is 3.73. The minimum Gasteiger partial charge on any atom is -0.347 e. The lowest BCUT2D eigenvalue weighted by molar-refractivity contribution is 0.788. The van der Waals surface area contributed by atoms with Crippen LogP contribution in [-0.2, 0) is 6.42 Å². The molecule has 0 saturated heterocycles. The summed E-state index contributed by atoms with van der Waals surface area (Å²) in [6, 6.07) is 10.1. The number of hydrogen-bond donors (Lipinski definition) is 1.